The number of carbonyl (C=O) groups is 2. The van der Waals surface area contributed by atoms with E-state index in [1.807, 2.05) is 91.0 Å². The molecule has 3 heterocycles. The summed E-state index contributed by atoms with van der Waals surface area (Å²) in [4.78, 5) is 29.9. The van der Waals surface area contributed by atoms with Crippen LogP contribution in [-0.4, -0.2) is 57.4 Å². The Morgan fingerprint density at radius 2 is 1.68 bits per heavy atom. The number of benzene rings is 3. The molecule has 2 aliphatic rings. The number of alkyl halides is 3. The maximum absolute atomic E-state index is 13.1. The highest BCUT2D eigenvalue weighted by atomic mass is 32.2. The maximum Gasteiger partial charge on any atom is 0.471 e. The summed E-state index contributed by atoms with van der Waals surface area (Å²) in [6.07, 6.45) is -3.82. The van der Waals surface area contributed by atoms with Gasteiger partial charge in [-0.25, -0.2) is 4.98 Å². The van der Waals surface area contributed by atoms with Crippen LogP contribution >= 0.6 is 11.8 Å². The number of nitrogens with zero attached hydrogens (tertiary/aromatic N) is 2. The predicted octanol–water partition coefficient (Wildman–Crippen LogP) is 6.99. The second kappa shape index (κ2) is 15.8. The Morgan fingerprint density at radius 3 is 2.38 bits per heavy atom. The van der Waals surface area contributed by atoms with Gasteiger partial charge in [0, 0.05) is 36.5 Å². The normalized spacial score (nSPS) is 22.3. The van der Waals surface area contributed by atoms with E-state index in [1.165, 1.54) is 0 Å². The van der Waals surface area contributed by atoms with E-state index in [-0.39, 0.29) is 44.2 Å². The number of hydrogen-bond donors (Lipinski definition) is 2. The van der Waals surface area contributed by atoms with Crippen LogP contribution in [0.5, 0.6) is 0 Å². The number of aliphatic hydroxyl groups excluding tert-OH is 1. The van der Waals surface area contributed by atoms with Crippen molar-refractivity contribution in [2.45, 2.75) is 68.7 Å². The maximum atomic E-state index is 13.1. The van der Waals surface area contributed by atoms with E-state index in [0.717, 1.165) is 38.4 Å². The molecule has 6 rings (SSSR count). The number of nitrogens with one attached hydrogen (secondary N) is 1. The summed E-state index contributed by atoms with van der Waals surface area (Å²) >= 11 is 1.63. The van der Waals surface area contributed by atoms with Gasteiger partial charge in [-0.3, -0.25) is 9.59 Å². The third-order valence-corrected chi connectivity index (χ3v) is 10.2. The van der Waals surface area contributed by atoms with Crippen molar-refractivity contribution in [3.05, 3.63) is 119 Å². The molecule has 4 aromatic rings. The molecule has 0 aliphatic carbocycles. The fraction of sp³-hybridized carbons (Fsp3) is 0.342. The minimum absolute atomic E-state index is 0.0201. The van der Waals surface area contributed by atoms with Crippen LogP contribution in [0.25, 0.3) is 11.1 Å². The first-order valence-corrected chi connectivity index (χ1v) is 17.5. The number of aromatic nitrogens is 1. The van der Waals surface area contributed by atoms with Crippen molar-refractivity contribution in [2.24, 2.45) is 5.92 Å². The van der Waals surface area contributed by atoms with Crippen LogP contribution in [0.1, 0.15) is 54.4 Å². The van der Waals surface area contributed by atoms with Crippen molar-refractivity contribution in [2.75, 3.05) is 12.3 Å². The summed E-state index contributed by atoms with van der Waals surface area (Å²) in [5, 5.41) is 13.2. The Morgan fingerprint density at radius 1 is 0.960 bits per heavy atom. The highest BCUT2D eigenvalue weighted by Gasteiger charge is 2.47. The van der Waals surface area contributed by atoms with Gasteiger partial charge in [0.1, 0.15) is 6.04 Å². The molecule has 50 heavy (non-hydrogen) atoms. The zero-order valence-electron chi connectivity index (χ0n) is 27.4. The number of pyridine rings is 1. The first-order valence-electron chi connectivity index (χ1n) is 16.5. The molecule has 5 atom stereocenters. The standard InChI is InChI=1S/C38H38F3N3O5S/c1-24-32(23-50-33-10-4-5-19-42-33)48-36(49-34(24)27-13-11-25(22-45)12-14-27)28-17-15-26(16-18-28)30-8-3-2-7-29(30)21-43-35(46)31-9-6-20-44(31)37(47)38(39,40)41/h2-5,7-8,10-19,24,31-32,34,36,45H,6,9,20-23H2,1H3,(H,43,46)/t24-,31+,32+,34+,36+/m1/s1. The molecule has 2 N–H and O–H groups in total. The lowest BCUT2D eigenvalue weighted by Gasteiger charge is -2.41. The van der Waals surface area contributed by atoms with Crippen LogP contribution in [0, 0.1) is 5.92 Å². The first-order chi connectivity index (χ1) is 24.1. The van der Waals surface area contributed by atoms with Crippen molar-refractivity contribution >= 4 is 23.6 Å². The molecule has 0 spiro atoms. The Kier molecular flexibility index (Phi) is 11.2. The fourth-order valence-electron chi connectivity index (χ4n) is 6.43. The number of likely N-dealkylation sites (tertiary alicyclic amines) is 1. The van der Waals surface area contributed by atoms with Crippen LogP contribution in [-0.2, 0) is 32.2 Å². The van der Waals surface area contributed by atoms with Gasteiger partial charge in [0.05, 0.1) is 23.8 Å². The van der Waals surface area contributed by atoms with E-state index in [4.69, 9.17) is 9.47 Å². The number of hydrogen-bond acceptors (Lipinski definition) is 7. The Hall–Kier alpha value is -4.23. The lowest BCUT2D eigenvalue weighted by molar-refractivity contribution is -0.268. The van der Waals surface area contributed by atoms with E-state index in [0.29, 0.717) is 17.1 Å². The molecule has 2 saturated heterocycles. The smallest absolute Gasteiger partial charge is 0.392 e. The van der Waals surface area contributed by atoms with Crippen molar-refractivity contribution in [3.8, 4) is 11.1 Å². The quantitative estimate of drug-likeness (QED) is 0.172. The summed E-state index contributed by atoms with van der Waals surface area (Å²) in [5.74, 6) is -1.90. The van der Waals surface area contributed by atoms with Gasteiger partial charge >= 0.3 is 12.1 Å². The Bertz CT molecular complexity index is 1760. The molecule has 262 valence electrons. The molecular weight excluding hydrogens is 667 g/mol. The van der Waals surface area contributed by atoms with Crippen LogP contribution < -0.4 is 5.32 Å². The molecule has 0 saturated carbocycles. The average Bonchev–Trinajstić information content (AvgIpc) is 3.63. The molecule has 0 radical (unpaired) electrons. The second-order valence-corrected chi connectivity index (χ2v) is 13.5. The third kappa shape index (κ3) is 8.21. The van der Waals surface area contributed by atoms with Crippen LogP contribution in [0.15, 0.2) is 102 Å². The lowest BCUT2D eigenvalue weighted by Crippen LogP contribution is -2.50. The number of ether oxygens (including phenoxy) is 2. The summed E-state index contributed by atoms with van der Waals surface area (Å²) in [7, 11) is 0. The van der Waals surface area contributed by atoms with Crippen molar-refractivity contribution in [1.29, 1.82) is 0 Å². The van der Waals surface area contributed by atoms with Crippen LogP contribution in [0.4, 0.5) is 13.2 Å². The number of rotatable bonds is 10. The van der Waals surface area contributed by atoms with Crippen molar-refractivity contribution in [3.63, 3.8) is 0 Å². The van der Waals surface area contributed by atoms with Gasteiger partial charge in [-0.15, -0.1) is 11.8 Å². The minimum Gasteiger partial charge on any atom is -0.392 e. The number of amides is 2. The van der Waals surface area contributed by atoms with Gasteiger partial charge in [-0.2, -0.15) is 13.2 Å². The van der Waals surface area contributed by atoms with Crippen molar-refractivity contribution < 1.29 is 37.3 Å². The highest BCUT2D eigenvalue weighted by Crippen LogP contribution is 2.43. The van der Waals surface area contributed by atoms with E-state index < -0.39 is 30.3 Å². The monoisotopic (exact) mass is 705 g/mol. The van der Waals surface area contributed by atoms with Gasteiger partial charge in [0.2, 0.25) is 5.91 Å². The van der Waals surface area contributed by atoms with E-state index in [9.17, 15) is 27.9 Å². The molecule has 8 nitrogen and oxygen atoms in total. The molecule has 2 amide bonds. The number of carbonyl (C=O) groups excluding carboxylic acids is 2. The predicted molar refractivity (Wildman–Crippen MR) is 182 cm³/mol. The molecule has 0 unspecified atom stereocenters. The van der Waals surface area contributed by atoms with Gasteiger partial charge in [0.15, 0.2) is 6.29 Å². The minimum atomic E-state index is -5.03. The Labute approximate surface area is 293 Å². The first kappa shape index (κ1) is 35.6. The zero-order chi connectivity index (χ0) is 35.3. The van der Waals surface area contributed by atoms with Gasteiger partial charge < -0.3 is 24.8 Å². The van der Waals surface area contributed by atoms with Crippen molar-refractivity contribution in [1.82, 2.24) is 15.2 Å². The van der Waals surface area contributed by atoms with Crippen LogP contribution in [0.2, 0.25) is 0 Å². The lowest BCUT2D eigenvalue weighted by atomic mass is 9.91. The third-order valence-electron chi connectivity index (χ3n) is 9.18. The number of thioether (sulfide) groups is 1. The summed E-state index contributed by atoms with van der Waals surface area (Å²) in [6.45, 7) is 2.05. The molecular formula is C38H38F3N3O5S. The largest absolute Gasteiger partial charge is 0.471 e. The Balaban J connectivity index is 1.17. The molecule has 3 aromatic carbocycles. The molecule has 12 heteroatoms. The van der Waals surface area contributed by atoms with E-state index in [2.05, 4.69) is 17.2 Å². The zero-order valence-corrected chi connectivity index (χ0v) is 28.2. The van der Waals surface area contributed by atoms with Crippen LogP contribution in [0.3, 0.4) is 0 Å². The number of aliphatic hydroxyl groups is 1. The number of halogens is 3. The van der Waals surface area contributed by atoms with Gasteiger partial charge in [-0.05, 0) is 52.8 Å². The van der Waals surface area contributed by atoms with E-state index >= 15 is 0 Å². The second-order valence-electron chi connectivity index (χ2n) is 12.5. The molecule has 2 aliphatic heterocycles. The SMILES string of the molecule is C[C@@H]1[C@H](CSc2ccccn2)O[C@H](c2ccc(-c3ccccc3CNC(=O)[C@@H]3CCCN3C(=O)C(F)(F)F)cc2)O[C@@H]1c1ccc(CO)cc1. The summed E-state index contributed by atoms with van der Waals surface area (Å²) < 4.78 is 52.4. The van der Waals surface area contributed by atoms with Gasteiger partial charge in [-0.1, -0.05) is 85.8 Å². The summed E-state index contributed by atoms with van der Waals surface area (Å²) in [6, 6.07) is 27.7. The molecule has 1 aromatic heterocycles. The summed E-state index contributed by atoms with van der Waals surface area (Å²) in [5.41, 5.74) is 5.13. The fourth-order valence-corrected chi connectivity index (χ4v) is 7.46. The molecule has 0 bridgehead atoms. The topological polar surface area (TPSA) is 101 Å². The molecule has 2 fully saturated rings. The highest BCUT2D eigenvalue weighted by molar-refractivity contribution is 7.99. The average molecular weight is 706 g/mol. The van der Waals surface area contributed by atoms with Gasteiger partial charge in [0.25, 0.3) is 0 Å². The van der Waals surface area contributed by atoms with E-state index in [1.54, 1.807) is 18.0 Å².